The highest BCUT2D eigenvalue weighted by Gasteiger charge is 2.34. The molecule has 111 valence electrons. The predicted octanol–water partition coefficient (Wildman–Crippen LogP) is 1.32. The number of pyridine rings is 1. The second kappa shape index (κ2) is 5.32. The van der Waals surface area contributed by atoms with Crippen molar-refractivity contribution in [3.05, 3.63) is 40.7 Å². The van der Waals surface area contributed by atoms with Crippen molar-refractivity contribution >= 4 is 23.8 Å². The summed E-state index contributed by atoms with van der Waals surface area (Å²) in [5.74, 6) is 0. The molecule has 2 rings (SSSR count). The number of aryl methyl sites for hydroxylation is 1. The Morgan fingerprint density at radius 2 is 1.76 bits per heavy atom. The maximum atomic E-state index is 11.7. The van der Waals surface area contributed by atoms with Gasteiger partial charge in [0.2, 0.25) is 0 Å². The summed E-state index contributed by atoms with van der Waals surface area (Å²) in [6.07, 6.45) is 0. The van der Waals surface area contributed by atoms with Gasteiger partial charge < -0.3 is 15.0 Å². The quantitative estimate of drug-likeness (QED) is 0.862. The van der Waals surface area contributed by atoms with Gasteiger partial charge in [-0.05, 0) is 45.2 Å². The molecule has 0 aliphatic heterocycles. The van der Waals surface area contributed by atoms with Crippen LogP contribution in [0.4, 0.5) is 0 Å². The lowest BCUT2D eigenvalue weighted by atomic mass is 9.81. The highest BCUT2D eigenvalue weighted by atomic mass is 16.5. The Labute approximate surface area is 126 Å². The SMILES string of the molecule is Cn1c(=O)ccc2ccc([B]OC(C)(C)C(C)(C)N)cc21. The molecule has 5 heteroatoms. The van der Waals surface area contributed by atoms with Crippen molar-refractivity contribution in [1.82, 2.24) is 4.57 Å². The van der Waals surface area contributed by atoms with Crippen molar-refractivity contribution in [2.24, 2.45) is 12.8 Å². The molecule has 1 aromatic heterocycles. The van der Waals surface area contributed by atoms with Crippen molar-refractivity contribution in [1.29, 1.82) is 0 Å². The highest BCUT2D eigenvalue weighted by Crippen LogP contribution is 2.22. The average molecular weight is 285 g/mol. The van der Waals surface area contributed by atoms with E-state index in [1.807, 2.05) is 52.0 Å². The summed E-state index contributed by atoms with van der Waals surface area (Å²) >= 11 is 0. The largest absolute Gasteiger partial charge is 0.428 e. The number of hydrogen-bond donors (Lipinski definition) is 1. The van der Waals surface area contributed by atoms with E-state index in [9.17, 15) is 4.79 Å². The van der Waals surface area contributed by atoms with Gasteiger partial charge in [0, 0.05) is 18.7 Å². The first-order valence-electron chi connectivity index (χ1n) is 7.01. The molecule has 1 radical (unpaired) electrons. The first-order valence-corrected chi connectivity index (χ1v) is 7.01. The molecule has 21 heavy (non-hydrogen) atoms. The van der Waals surface area contributed by atoms with Crippen molar-refractivity contribution in [3.8, 4) is 0 Å². The predicted molar refractivity (Wildman–Crippen MR) is 88.0 cm³/mol. The van der Waals surface area contributed by atoms with Crippen LogP contribution in [0.15, 0.2) is 35.1 Å². The van der Waals surface area contributed by atoms with Crippen LogP contribution >= 0.6 is 0 Å². The van der Waals surface area contributed by atoms with Crippen LogP contribution in [0.5, 0.6) is 0 Å². The van der Waals surface area contributed by atoms with E-state index >= 15 is 0 Å². The van der Waals surface area contributed by atoms with Gasteiger partial charge in [0.05, 0.1) is 11.1 Å². The first kappa shape index (κ1) is 15.8. The van der Waals surface area contributed by atoms with Crippen LogP contribution in [-0.4, -0.2) is 23.2 Å². The third kappa shape index (κ3) is 3.19. The van der Waals surface area contributed by atoms with Crippen LogP contribution in [0.3, 0.4) is 0 Å². The van der Waals surface area contributed by atoms with E-state index in [4.69, 9.17) is 10.4 Å². The number of nitrogens with two attached hydrogens (primary N) is 1. The Morgan fingerprint density at radius 3 is 2.38 bits per heavy atom. The van der Waals surface area contributed by atoms with E-state index in [0.29, 0.717) is 0 Å². The number of hydrogen-bond acceptors (Lipinski definition) is 3. The zero-order chi connectivity index (χ0) is 15.8. The highest BCUT2D eigenvalue weighted by molar-refractivity contribution is 6.47. The molecule has 0 spiro atoms. The van der Waals surface area contributed by atoms with Crippen LogP contribution in [0, 0.1) is 0 Å². The molecule has 0 amide bonds. The number of aromatic nitrogens is 1. The molecule has 4 nitrogen and oxygen atoms in total. The van der Waals surface area contributed by atoms with Gasteiger partial charge in [-0.3, -0.25) is 4.79 Å². The van der Waals surface area contributed by atoms with E-state index in [2.05, 4.69) is 0 Å². The number of benzene rings is 1. The third-order valence-corrected chi connectivity index (χ3v) is 4.19. The smallest absolute Gasteiger partial charge is 0.330 e. The maximum Gasteiger partial charge on any atom is 0.330 e. The van der Waals surface area contributed by atoms with Crippen LogP contribution in [0.25, 0.3) is 10.9 Å². The fourth-order valence-corrected chi connectivity index (χ4v) is 1.82. The minimum atomic E-state index is -0.496. The standard InChI is InChI=1S/C16H22BN2O2/c1-15(2,18)16(3,4)21-17-12-8-6-11-7-9-14(20)19(5)13(11)10-12/h6-10H,18H2,1-5H3. The summed E-state index contributed by atoms with van der Waals surface area (Å²) in [6, 6.07) is 9.28. The normalized spacial score (nSPS) is 12.7. The second-order valence-corrected chi connectivity index (χ2v) is 6.52. The molecule has 0 atom stereocenters. The molecular formula is C16H22BN2O2. The molecule has 1 aromatic carbocycles. The van der Waals surface area contributed by atoms with Crippen molar-refractivity contribution in [2.75, 3.05) is 0 Å². The molecule has 0 saturated carbocycles. The van der Waals surface area contributed by atoms with Crippen molar-refractivity contribution in [2.45, 2.75) is 38.8 Å². The molecule has 2 aromatic rings. The Hall–Kier alpha value is -1.59. The number of fused-ring (bicyclic) bond motifs is 1. The van der Waals surface area contributed by atoms with Gasteiger partial charge in [-0.25, -0.2) is 0 Å². The number of nitrogens with zero attached hydrogens (tertiary/aromatic N) is 1. The minimum absolute atomic E-state index is 0.0241. The summed E-state index contributed by atoms with van der Waals surface area (Å²) in [6.45, 7) is 7.79. The molecule has 0 aliphatic carbocycles. The van der Waals surface area contributed by atoms with Crippen LogP contribution < -0.4 is 16.8 Å². The molecule has 1 heterocycles. The Morgan fingerprint density at radius 1 is 1.14 bits per heavy atom. The molecule has 0 bridgehead atoms. The molecular weight excluding hydrogens is 263 g/mol. The van der Waals surface area contributed by atoms with Crippen molar-refractivity contribution < 1.29 is 4.65 Å². The van der Waals surface area contributed by atoms with Gasteiger partial charge in [-0.15, -0.1) is 0 Å². The van der Waals surface area contributed by atoms with Gasteiger partial charge in [-0.2, -0.15) is 0 Å². The van der Waals surface area contributed by atoms with Crippen LogP contribution in [0.2, 0.25) is 0 Å². The molecule has 0 unspecified atom stereocenters. The van der Waals surface area contributed by atoms with E-state index in [1.165, 1.54) is 0 Å². The minimum Gasteiger partial charge on any atom is -0.428 e. The lowest BCUT2D eigenvalue weighted by Gasteiger charge is -2.38. The van der Waals surface area contributed by atoms with Crippen molar-refractivity contribution in [3.63, 3.8) is 0 Å². The van der Waals surface area contributed by atoms with E-state index < -0.39 is 11.1 Å². The summed E-state index contributed by atoms with van der Waals surface area (Å²) in [5.41, 5.74) is 6.92. The maximum absolute atomic E-state index is 11.7. The summed E-state index contributed by atoms with van der Waals surface area (Å²) in [5, 5.41) is 1.02. The van der Waals surface area contributed by atoms with Crippen LogP contribution in [0.1, 0.15) is 27.7 Å². The summed E-state index contributed by atoms with van der Waals surface area (Å²) in [7, 11) is 3.47. The van der Waals surface area contributed by atoms with E-state index in [1.54, 1.807) is 25.2 Å². The van der Waals surface area contributed by atoms with Gasteiger partial charge in [0.25, 0.3) is 5.56 Å². The lowest BCUT2D eigenvalue weighted by Crippen LogP contribution is -2.55. The van der Waals surface area contributed by atoms with Gasteiger partial charge in [-0.1, -0.05) is 17.6 Å². The molecule has 0 saturated heterocycles. The number of rotatable bonds is 4. The fourth-order valence-electron chi connectivity index (χ4n) is 1.82. The third-order valence-electron chi connectivity index (χ3n) is 4.19. The summed E-state index contributed by atoms with van der Waals surface area (Å²) in [4.78, 5) is 11.7. The van der Waals surface area contributed by atoms with E-state index in [0.717, 1.165) is 16.4 Å². The summed E-state index contributed by atoms with van der Waals surface area (Å²) < 4.78 is 7.49. The van der Waals surface area contributed by atoms with E-state index in [-0.39, 0.29) is 5.56 Å². The lowest BCUT2D eigenvalue weighted by molar-refractivity contribution is 0.0462. The zero-order valence-corrected chi connectivity index (χ0v) is 13.3. The second-order valence-electron chi connectivity index (χ2n) is 6.52. The van der Waals surface area contributed by atoms with Crippen LogP contribution in [-0.2, 0) is 11.7 Å². The Bertz CT molecular complexity index is 714. The van der Waals surface area contributed by atoms with Gasteiger partial charge in [0.15, 0.2) is 0 Å². The Balaban J connectivity index is 2.28. The Kier molecular flexibility index (Phi) is 4.00. The monoisotopic (exact) mass is 285 g/mol. The first-order chi connectivity index (χ1) is 9.62. The topological polar surface area (TPSA) is 57.2 Å². The molecule has 2 N–H and O–H groups in total. The zero-order valence-electron chi connectivity index (χ0n) is 13.3. The fraction of sp³-hybridized carbons (Fsp3) is 0.438. The van der Waals surface area contributed by atoms with Gasteiger partial charge >= 0.3 is 7.48 Å². The molecule has 0 aliphatic rings. The van der Waals surface area contributed by atoms with Gasteiger partial charge in [0.1, 0.15) is 0 Å². The average Bonchev–Trinajstić information content (AvgIpc) is 2.40. The molecule has 0 fully saturated rings.